The van der Waals surface area contributed by atoms with Gasteiger partial charge in [-0.2, -0.15) is 0 Å². The quantitative estimate of drug-likeness (QED) is 0.617. The van der Waals surface area contributed by atoms with Gasteiger partial charge >= 0.3 is 0 Å². The molecule has 0 amide bonds. The second-order valence-electron chi connectivity index (χ2n) is 7.00. The Labute approximate surface area is 101 Å². The van der Waals surface area contributed by atoms with Crippen molar-refractivity contribution in [3.8, 4) is 0 Å². The summed E-state index contributed by atoms with van der Waals surface area (Å²) in [5.74, 6) is 0.724. The Kier molecular flexibility index (Phi) is 2.80. The zero-order valence-corrected chi connectivity index (χ0v) is 11.6. The third kappa shape index (κ3) is 1.99. The molecule has 0 heterocycles. The second kappa shape index (κ2) is 3.75. The van der Waals surface area contributed by atoms with Crippen molar-refractivity contribution in [2.24, 2.45) is 16.7 Å². The summed E-state index contributed by atoms with van der Waals surface area (Å²) >= 11 is 0. The zero-order chi connectivity index (χ0) is 12.0. The van der Waals surface area contributed by atoms with Crippen molar-refractivity contribution < 1.29 is 0 Å². The van der Waals surface area contributed by atoms with Crippen molar-refractivity contribution in [1.82, 2.24) is 0 Å². The van der Waals surface area contributed by atoms with Crippen molar-refractivity contribution in [3.63, 3.8) is 0 Å². The minimum Gasteiger partial charge on any atom is -0.0783 e. The summed E-state index contributed by atoms with van der Waals surface area (Å²) in [6, 6.07) is 0. The molecular weight excluding hydrogens is 192 g/mol. The van der Waals surface area contributed by atoms with Crippen LogP contribution in [0.1, 0.15) is 60.3 Å². The third-order valence-corrected chi connectivity index (χ3v) is 4.55. The van der Waals surface area contributed by atoms with Gasteiger partial charge in [-0.15, -0.1) is 0 Å². The lowest BCUT2D eigenvalue weighted by atomic mass is 9.62. The summed E-state index contributed by atoms with van der Waals surface area (Å²) < 4.78 is 0. The number of rotatable bonds is 3. The normalized spacial score (nSPS) is 27.1. The molecule has 16 heavy (non-hydrogen) atoms. The Bertz CT molecular complexity index is 335. The first-order valence-corrected chi connectivity index (χ1v) is 6.77. The molecule has 0 aromatic carbocycles. The summed E-state index contributed by atoms with van der Waals surface area (Å²) in [4.78, 5) is 0. The fraction of sp³-hybridized carbons (Fsp3) is 0.750. The van der Waals surface area contributed by atoms with Crippen LogP contribution < -0.4 is 0 Å². The molecule has 2 aliphatic carbocycles. The smallest absolute Gasteiger partial charge is 0.00666 e. The van der Waals surface area contributed by atoms with Gasteiger partial charge in [-0.05, 0) is 41.6 Å². The van der Waals surface area contributed by atoms with Crippen LogP contribution in [0.2, 0.25) is 0 Å². The molecule has 0 heteroatoms. The molecule has 0 aromatic heterocycles. The lowest BCUT2D eigenvalue weighted by Crippen LogP contribution is -2.29. The van der Waals surface area contributed by atoms with Crippen molar-refractivity contribution in [2.75, 3.05) is 0 Å². The Hall–Kier alpha value is -0.520. The van der Waals surface area contributed by atoms with Crippen LogP contribution in [-0.4, -0.2) is 0 Å². The first-order valence-electron chi connectivity index (χ1n) is 6.77. The van der Waals surface area contributed by atoms with Crippen LogP contribution in [0.25, 0.3) is 0 Å². The average Bonchev–Trinajstić information content (AvgIpc) is 2.11. The number of hydrogen-bond acceptors (Lipinski definition) is 0. The Morgan fingerprint density at radius 3 is 2.12 bits per heavy atom. The van der Waals surface area contributed by atoms with Crippen LogP contribution >= 0.6 is 0 Å². The number of allylic oxidation sites excluding steroid dienone is 4. The van der Waals surface area contributed by atoms with E-state index < -0.39 is 0 Å². The number of hydrogen-bond donors (Lipinski definition) is 0. The van der Waals surface area contributed by atoms with E-state index in [1.807, 2.05) is 0 Å². The van der Waals surface area contributed by atoms with E-state index in [2.05, 4.69) is 46.8 Å². The molecule has 90 valence electrons. The molecule has 0 radical (unpaired) electrons. The van der Waals surface area contributed by atoms with Crippen LogP contribution in [0.5, 0.6) is 0 Å². The van der Waals surface area contributed by atoms with Gasteiger partial charge in [0.1, 0.15) is 0 Å². The molecule has 0 N–H and O–H groups in total. The zero-order valence-electron chi connectivity index (χ0n) is 11.6. The highest BCUT2D eigenvalue weighted by Crippen LogP contribution is 2.50. The maximum atomic E-state index is 2.48. The standard InChI is InChI=1S/C16H26/c1-12(2)13-11-15(3,4)14(13)7-10-16(5)8-6-9-16/h7,10,12H,6,8-9,11H2,1-5H3. The summed E-state index contributed by atoms with van der Waals surface area (Å²) in [5, 5.41) is 0. The summed E-state index contributed by atoms with van der Waals surface area (Å²) in [7, 11) is 0. The lowest BCUT2D eigenvalue weighted by molar-refractivity contribution is 0.233. The first kappa shape index (κ1) is 12.0. The average molecular weight is 218 g/mol. The highest BCUT2D eigenvalue weighted by atomic mass is 14.4. The molecule has 0 aromatic rings. The van der Waals surface area contributed by atoms with Gasteiger partial charge in [0.25, 0.3) is 0 Å². The molecule has 2 aliphatic rings. The molecule has 0 aliphatic heterocycles. The maximum Gasteiger partial charge on any atom is -0.00666 e. The Morgan fingerprint density at radius 2 is 1.75 bits per heavy atom. The summed E-state index contributed by atoms with van der Waals surface area (Å²) in [6.45, 7) is 11.8. The van der Waals surface area contributed by atoms with E-state index >= 15 is 0 Å². The largest absolute Gasteiger partial charge is 0.0783 e. The Morgan fingerprint density at radius 1 is 1.12 bits per heavy atom. The van der Waals surface area contributed by atoms with E-state index in [4.69, 9.17) is 0 Å². The summed E-state index contributed by atoms with van der Waals surface area (Å²) in [6.07, 6.45) is 10.4. The third-order valence-electron chi connectivity index (χ3n) is 4.55. The molecule has 1 saturated carbocycles. The molecule has 2 rings (SSSR count). The molecule has 0 saturated heterocycles. The topological polar surface area (TPSA) is 0 Å². The fourth-order valence-corrected chi connectivity index (χ4v) is 3.03. The second-order valence-corrected chi connectivity index (χ2v) is 7.00. The first-order chi connectivity index (χ1) is 7.34. The van der Waals surface area contributed by atoms with Crippen molar-refractivity contribution in [3.05, 3.63) is 23.3 Å². The van der Waals surface area contributed by atoms with Crippen LogP contribution in [0.3, 0.4) is 0 Å². The predicted octanol–water partition coefficient (Wildman–Crippen LogP) is 5.12. The molecule has 0 spiro atoms. The van der Waals surface area contributed by atoms with Gasteiger partial charge in [-0.3, -0.25) is 0 Å². The van der Waals surface area contributed by atoms with E-state index in [1.54, 1.807) is 11.1 Å². The van der Waals surface area contributed by atoms with Gasteiger partial charge in [0.15, 0.2) is 0 Å². The van der Waals surface area contributed by atoms with Gasteiger partial charge in [-0.25, -0.2) is 0 Å². The Balaban J connectivity index is 2.15. The van der Waals surface area contributed by atoms with E-state index in [0.717, 1.165) is 5.92 Å². The van der Waals surface area contributed by atoms with Crippen LogP contribution in [0.15, 0.2) is 23.3 Å². The van der Waals surface area contributed by atoms with E-state index in [9.17, 15) is 0 Å². The SMILES string of the molecule is CC(C)C1=C(C=CC2(C)CCC2)C(C)(C)C1. The molecule has 0 unspecified atom stereocenters. The van der Waals surface area contributed by atoms with Crippen LogP contribution in [0.4, 0.5) is 0 Å². The lowest BCUT2D eigenvalue weighted by Gasteiger charge is -2.43. The minimum absolute atomic E-state index is 0.427. The van der Waals surface area contributed by atoms with Gasteiger partial charge in [0, 0.05) is 0 Å². The maximum absolute atomic E-state index is 2.48. The van der Waals surface area contributed by atoms with Crippen molar-refractivity contribution in [2.45, 2.75) is 60.3 Å². The van der Waals surface area contributed by atoms with Crippen molar-refractivity contribution in [1.29, 1.82) is 0 Å². The highest BCUT2D eigenvalue weighted by molar-refractivity contribution is 5.42. The molecule has 0 nitrogen and oxygen atoms in total. The van der Waals surface area contributed by atoms with Crippen molar-refractivity contribution >= 4 is 0 Å². The van der Waals surface area contributed by atoms with Crippen LogP contribution in [-0.2, 0) is 0 Å². The van der Waals surface area contributed by atoms with E-state index in [-0.39, 0.29) is 0 Å². The molecular formula is C16H26. The van der Waals surface area contributed by atoms with Gasteiger partial charge < -0.3 is 0 Å². The molecule has 1 fully saturated rings. The minimum atomic E-state index is 0.427. The summed E-state index contributed by atoms with van der Waals surface area (Å²) in [5.41, 5.74) is 4.25. The molecule has 0 atom stereocenters. The van der Waals surface area contributed by atoms with Gasteiger partial charge in [0.05, 0.1) is 0 Å². The molecule has 0 bridgehead atoms. The fourth-order valence-electron chi connectivity index (χ4n) is 3.03. The van der Waals surface area contributed by atoms with E-state index in [1.165, 1.54) is 25.7 Å². The predicted molar refractivity (Wildman–Crippen MR) is 71.4 cm³/mol. The van der Waals surface area contributed by atoms with Crippen LogP contribution in [0, 0.1) is 16.7 Å². The van der Waals surface area contributed by atoms with Gasteiger partial charge in [0.2, 0.25) is 0 Å². The highest BCUT2D eigenvalue weighted by Gasteiger charge is 2.37. The van der Waals surface area contributed by atoms with E-state index in [0.29, 0.717) is 10.8 Å². The monoisotopic (exact) mass is 218 g/mol. The van der Waals surface area contributed by atoms with Gasteiger partial charge in [-0.1, -0.05) is 58.8 Å².